The number of aliphatic carboxylic acids is 1. The van der Waals surface area contributed by atoms with Gasteiger partial charge in [-0.2, -0.15) is 0 Å². The number of carbonyl (C=O) groups is 3. The van der Waals surface area contributed by atoms with Crippen molar-refractivity contribution in [2.24, 2.45) is 11.8 Å². The molecule has 1 aliphatic carbocycles. The van der Waals surface area contributed by atoms with Crippen LogP contribution in [0.1, 0.15) is 70.9 Å². The Balaban J connectivity index is 1.07. The average molecular weight is 747 g/mol. The van der Waals surface area contributed by atoms with Gasteiger partial charge in [0.05, 0.1) is 5.69 Å². The van der Waals surface area contributed by atoms with Crippen LogP contribution in [0.15, 0.2) is 51.7 Å². The average Bonchev–Trinajstić information content (AvgIpc) is 3.38. The summed E-state index contributed by atoms with van der Waals surface area (Å²) < 4.78 is 3.49. The van der Waals surface area contributed by atoms with Crippen molar-refractivity contribution < 1.29 is 19.5 Å². The minimum atomic E-state index is -0.983. The minimum absolute atomic E-state index is 0.137. The zero-order valence-electron chi connectivity index (χ0n) is 24.4. The lowest BCUT2D eigenvalue weighted by Gasteiger charge is -2.38. The number of fused-ring (bicyclic) bond motifs is 2. The van der Waals surface area contributed by atoms with Crippen LogP contribution in [0, 0.1) is 11.8 Å². The summed E-state index contributed by atoms with van der Waals surface area (Å²) in [5, 5.41) is 9.87. The molecule has 0 saturated carbocycles. The molecule has 44 heavy (non-hydrogen) atoms. The number of hydrogen-bond donors (Lipinski definition) is 1. The van der Waals surface area contributed by atoms with Crippen molar-refractivity contribution in [2.75, 3.05) is 26.2 Å². The third kappa shape index (κ3) is 6.63. The standard InChI is InChI=1S/C33H35Br2ClN4O4/c34-24-15-23-4-3-22-16-25(36)17-26(35)30(22)31(32(23)37-18-24)21-7-12-38(13-8-21)28(41)14-20-5-10-39(11-6-20)33(44)27-2-1-9-40(27)19-29(42)43/h1-2,9,15-18,20-21,31H,3-8,10-14,19H2,(H,42,43)/t31-/m1/s1. The molecule has 0 spiro atoms. The molecule has 232 valence electrons. The number of carbonyl (C=O) groups excluding carboxylic acids is 2. The highest BCUT2D eigenvalue weighted by molar-refractivity contribution is 9.10. The third-order valence-corrected chi connectivity index (χ3v) is 10.8. The van der Waals surface area contributed by atoms with Crippen LogP contribution in [0.3, 0.4) is 0 Å². The van der Waals surface area contributed by atoms with Crippen molar-refractivity contribution in [3.05, 3.63) is 84.8 Å². The number of carboxylic acid groups (broad SMARTS) is 1. The molecular formula is C33H35Br2ClN4O4. The first-order chi connectivity index (χ1) is 21.2. The fourth-order valence-electron chi connectivity index (χ4n) is 7.28. The number of rotatable bonds is 6. The normalized spacial score (nSPS) is 19.3. The van der Waals surface area contributed by atoms with Gasteiger partial charge in [-0.15, -0.1) is 0 Å². The van der Waals surface area contributed by atoms with E-state index in [1.165, 1.54) is 21.3 Å². The zero-order valence-corrected chi connectivity index (χ0v) is 28.3. The van der Waals surface area contributed by atoms with Crippen molar-refractivity contribution in [1.82, 2.24) is 19.4 Å². The summed E-state index contributed by atoms with van der Waals surface area (Å²) in [4.78, 5) is 46.4. The van der Waals surface area contributed by atoms with Gasteiger partial charge in [0, 0.05) is 64.9 Å². The number of halogens is 3. The Bertz CT molecular complexity index is 1580. The van der Waals surface area contributed by atoms with Crippen molar-refractivity contribution in [3.8, 4) is 0 Å². The molecule has 4 heterocycles. The Labute approximate surface area is 279 Å². The Morgan fingerprint density at radius 1 is 0.955 bits per heavy atom. The van der Waals surface area contributed by atoms with E-state index >= 15 is 0 Å². The van der Waals surface area contributed by atoms with Gasteiger partial charge in [-0.1, -0.05) is 27.5 Å². The number of amides is 2. The second-order valence-electron chi connectivity index (χ2n) is 12.2. The van der Waals surface area contributed by atoms with Crippen molar-refractivity contribution in [2.45, 2.75) is 57.4 Å². The number of carboxylic acids is 1. The van der Waals surface area contributed by atoms with Gasteiger partial charge in [0.15, 0.2) is 0 Å². The van der Waals surface area contributed by atoms with E-state index in [0.717, 1.165) is 71.3 Å². The molecule has 3 aliphatic rings. The fourth-order valence-corrected chi connectivity index (χ4v) is 8.78. The predicted molar refractivity (Wildman–Crippen MR) is 175 cm³/mol. The summed E-state index contributed by atoms with van der Waals surface area (Å²) in [6.07, 6.45) is 9.18. The van der Waals surface area contributed by atoms with Gasteiger partial charge in [0.1, 0.15) is 12.2 Å². The molecular weight excluding hydrogens is 712 g/mol. The van der Waals surface area contributed by atoms with Gasteiger partial charge in [0.25, 0.3) is 5.91 Å². The summed E-state index contributed by atoms with van der Waals surface area (Å²) in [6.45, 7) is 2.35. The summed E-state index contributed by atoms with van der Waals surface area (Å²) in [5.74, 6) is -0.212. The Morgan fingerprint density at radius 2 is 1.66 bits per heavy atom. The molecule has 2 saturated heterocycles. The van der Waals surface area contributed by atoms with E-state index in [2.05, 4.69) is 44.0 Å². The van der Waals surface area contributed by atoms with Crippen molar-refractivity contribution in [1.29, 1.82) is 0 Å². The van der Waals surface area contributed by atoms with E-state index < -0.39 is 5.97 Å². The molecule has 1 atom stereocenters. The Kier molecular flexibility index (Phi) is 9.50. The molecule has 1 N–H and O–H groups in total. The number of likely N-dealkylation sites (tertiary alicyclic amines) is 2. The first-order valence-electron chi connectivity index (χ1n) is 15.2. The Morgan fingerprint density at radius 3 is 2.39 bits per heavy atom. The quantitative estimate of drug-likeness (QED) is 0.309. The largest absolute Gasteiger partial charge is 0.480 e. The van der Waals surface area contributed by atoms with Gasteiger partial charge in [0.2, 0.25) is 5.91 Å². The number of benzene rings is 1. The summed E-state index contributed by atoms with van der Waals surface area (Å²) in [6, 6.07) is 9.65. The van der Waals surface area contributed by atoms with Gasteiger partial charge < -0.3 is 19.5 Å². The second kappa shape index (κ2) is 13.3. The molecule has 0 bridgehead atoms. The third-order valence-electron chi connectivity index (χ3n) is 9.50. The molecule has 2 amide bonds. The number of piperidine rings is 2. The number of aryl methyl sites for hydroxylation is 2. The van der Waals surface area contributed by atoms with Crippen LogP contribution in [0.5, 0.6) is 0 Å². The summed E-state index contributed by atoms with van der Waals surface area (Å²) in [7, 11) is 0. The van der Waals surface area contributed by atoms with Crippen LogP contribution in [-0.2, 0) is 29.0 Å². The molecule has 11 heteroatoms. The van der Waals surface area contributed by atoms with E-state index in [9.17, 15) is 14.4 Å². The lowest BCUT2D eigenvalue weighted by atomic mass is 9.76. The number of pyridine rings is 1. The van der Waals surface area contributed by atoms with E-state index in [-0.39, 0.29) is 30.2 Å². The lowest BCUT2D eigenvalue weighted by Crippen LogP contribution is -2.43. The second-order valence-corrected chi connectivity index (χ2v) is 14.4. The van der Waals surface area contributed by atoms with Crippen LogP contribution < -0.4 is 0 Å². The highest BCUT2D eigenvalue weighted by atomic mass is 79.9. The topological polar surface area (TPSA) is 95.7 Å². The van der Waals surface area contributed by atoms with E-state index in [1.807, 2.05) is 17.2 Å². The number of hydrogen-bond acceptors (Lipinski definition) is 4. The SMILES string of the molecule is O=C(O)Cn1cccc1C(=O)N1CCC(CC(=O)N2CCC([C@H]3c4ncc(Br)cc4CCc4cc(Cl)cc(Br)c43)CC2)CC1. The first kappa shape index (κ1) is 31.3. The van der Waals surface area contributed by atoms with Gasteiger partial charge in [-0.3, -0.25) is 19.4 Å². The number of aromatic nitrogens is 2. The molecule has 2 aliphatic heterocycles. The maximum atomic E-state index is 13.4. The molecule has 2 aromatic heterocycles. The van der Waals surface area contributed by atoms with Gasteiger partial charge in [-0.05, 0) is 113 Å². The minimum Gasteiger partial charge on any atom is -0.480 e. The van der Waals surface area contributed by atoms with Crippen LogP contribution in [0.2, 0.25) is 5.02 Å². The lowest BCUT2D eigenvalue weighted by molar-refractivity contribution is -0.137. The monoisotopic (exact) mass is 744 g/mol. The van der Waals surface area contributed by atoms with Crippen LogP contribution in [0.25, 0.3) is 0 Å². The molecule has 0 unspecified atom stereocenters. The molecule has 0 radical (unpaired) electrons. The van der Waals surface area contributed by atoms with Crippen LogP contribution in [0.4, 0.5) is 0 Å². The van der Waals surface area contributed by atoms with E-state index in [1.54, 1.807) is 23.2 Å². The molecule has 1 aromatic carbocycles. The zero-order chi connectivity index (χ0) is 31.0. The highest BCUT2D eigenvalue weighted by Gasteiger charge is 2.37. The van der Waals surface area contributed by atoms with Crippen molar-refractivity contribution in [3.63, 3.8) is 0 Å². The highest BCUT2D eigenvalue weighted by Crippen LogP contribution is 2.46. The van der Waals surface area contributed by atoms with Crippen LogP contribution in [-0.4, -0.2) is 68.4 Å². The van der Waals surface area contributed by atoms with Crippen LogP contribution >= 0.6 is 43.5 Å². The summed E-state index contributed by atoms with van der Waals surface area (Å²) in [5.41, 5.74) is 5.34. The van der Waals surface area contributed by atoms with Gasteiger partial charge >= 0.3 is 5.97 Å². The van der Waals surface area contributed by atoms with Crippen molar-refractivity contribution >= 4 is 61.2 Å². The molecule has 6 rings (SSSR count). The molecule has 8 nitrogen and oxygen atoms in total. The molecule has 2 fully saturated rings. The van der Waals surface area contributed by atoms with E-state index in [0.29, 0.717) is 31.1 Å². The summed E-state index contributed by atoms with van der Waals surface area (Å²) >= 11 is 13.9. The first-order valence-corrected chi connectivity index (χ1v) is 17.2. The maximum Gasteiger partial charge on any atom is 0.323 e. The number of nitrogens with zero attached hydrogens (tertiary/aromatic N) is 4. The fraction of sp³-hybridized carbons (Fsp3) is 0.455. The molecule has 3 aromatic rings. The predicted octanol–water partition coefficient (Wildman–Crippen LogP) is 6.56. The van der Waals surface area contributed by atoms with E-state index in [4.69, 9.17) is 21.7 Å². The smallest absolute Gasteiger partial charge is 0.323 e. The Hall–Kier alpha value is -2.69. The van der Waals surface area contributed by atoms with Gasteiger partial charge in [-0.25, -0.2) is 0 Å². The maximum absolute atomic E-state index is 13.4.